The molecule has 0 aliphatic carbocycles. The van der Waals surface area contributed by atoms with Gasteiger partial charge in [-0.3, -0.25) is 0 Å². The normalized spacial score (nSPS) is 11.7. The molecule has 0 amide bonds. The number of aromatic nitrogens is 3. The molecule has 23 heavy (non-hydrogen) atoms. The van der Waals surface area contributed by atoms with E-state index in [2.05, 4.69) is 5.10 Å². The fraction of sp³-hybridized carbons (Fsp3) is 0.0667. The predicted molar refractivity (Wildman–Crippen MR) is 74.1 cm³/mol. The molecule has 0 atom stereocenters. The molecule has 0 saturated carbocycles. The third-order valence-electron chi connectivity index (χ3n) is 3.22. The lowest BCUT2D eigenvalue weighted by atomic mass is 10.2. The average Bonchev–Trinajstić information content (AvgIpc) is 2.89. The first-order valence-electron chi connectivity index (χ1n) is 6.47. The van der Waals surface area contributed by atoms with E-state index in [-0.39, 0.29) is 11.4 Å². The summed E-state index contributed by atoms with van der Waals surface area (Å²) in [6, 6.07) is 9.58. The van der Waals surface area contributed by atoms with Gasteiger partial charge in [0.1, 0.15) is 12.1 Å². The Morgan fingerprint density at radius 1 is 0.957 bits per heavy atom. The molecule has 8 heteroatoms. The van der Waals surface area contributed by atoms with E-state index in [1.165, 1.54) is 18.2 Å². The molecule has 3 rings (SSSR count). The van der Waals surface area contributed by atoms with E-state index >= 15 is 0 Å². The minimum atomic E-state index is -4.46. The molecule has 1 heterocycles. The number of hydrogen-bond acceptors (Lipinski definition) is 2. The molecule has 118 valence electrons. The monoisotopic (exact) mass is 323 g/mol. The topological polar surface area (TPSA) is 39.8 Å². The Labute approximate surface area is 127 Å². The van der Waals surface area contributed by atoms with E-state index in [1.807, 2.05) is 0 Å². The van der Waals surface area contributed by atoms with Crippen molar-refractivity contribution in [2.45, 2.75) is 6.18 Å². The van der Waals surface area contributed by atoms with Crippen molar-refractivity contribution in [1.82, 2.24) is 14.3 Å². The van der Waals surface area contributed by atoms with Gasteiger partial charge in [-0.2, -0.15) is 23.0 Å². The van der Waals surface area contributed by atoms with Crippen molar-refractivity contribution < 1.29 is 17.6 Å². The molecule has 0 bridgehead atoms. The maximum Gasteiger partial charge on any atom is 0.416 e. The van der Waals surface area contributed by atoms with Crippen LogP contribution in [-0.4, -0.2) is 14.3 Å². The Kier molecular flexibility index (Phi) is 3.51. The number of nitrogens with zero attached hydrogens (tertiary/aromatic N) is 3. The molecule has 0 saturated heterocycles. The van der Waals surface area contributed by atoms with Gasteiger partial charge in [-0.05, 0) is 36.4 Å². The van der Waals surface area contributed by atoms with Crippen molar-refractivity contribution in [2.24, 2.45) is 0 Å². The van der Waals surface area contributed by atoms with Crippen molar-refractivity contribution in [3.05, 3.63) is 76.7 Å². The van der Waals surface area contributed by atoms with E-state index in [4.69, 9.17) is 0 Å². The Hall–Kier alpha value is -2.90. The maximum atomic E-state index is 13.7. The van der Waals surface area contributed by atoms with Crippen molar-refractivity contribution >= 4 is 0 Å². The van der Waals surface area contributed by atoms with Crippen LogP contribution < -0.4 is 5.69 Å². The smallest absolute Gasteiger partial charge is 0.246 e. The second kappa shape index (κ2) is 5.38. The third-order valence-corrected chi connectivity index (χ3v) is 3.22. The molecule has 0 aliphatic rings. The molecule has 1 aromatic heterocycles. The Balaban J connectivity index is 2.03. The first-order valence-corrected chi connectivity index (χ1v) is 6.47. The van der Waals surface area contributed by atoms with E-state index in [0.29, 0.717) is 0 Å². The Bertz CT molecular complexity index is 894. The van der Waals surface area contributed by atoms with E-state index in [9.17, 15) is 22.4 Å². The van der Waals surface area contributed by atoms with Gasteiger partial charge in [0.25, 0.3) is 0 Å². The highest BCUT2D eigenvalue weighted by Gasteiger charge is 2.30. The zero-order valence-electron chi connectivity index (χ0n) is 11.5. The van der Waals surface area contributed by atoms with Crippen LogP contribution in [0, 0.1) is 5.82 Å². The summed E-state index contributed by atoms with van der Waals surface area (Å²) in [7, 11) is 0. The first kappa shape index (κ1) is 15.0. The number of halogens is 4. The summed E-state index contributed by atoms with van der Waals surface area (Å²) >= 11 is 0. The van der Waals surface area contributed by atoms with Crippen molar-refractivity contribution in [2.75, 3.05) is 0 Å². The van der Waals surface area contributed by atoms with Crippen LogP contribution in [0.3, 0.4) is 0 Å². The summed E-state index contributed by atoms with van der Waals surface area (Å²) in [6.45, 7) is 0. The SMILES string of the molecule is O=c1n(-c2ccccc2F)cnn1-c1ccc(C(F)(F)F)cc1. The van der Waals surface area contributed by atoms with Crippen LogP contribution in [0.5, 0.6) is 0 Å². The van der Waals surface area contributed by atoms with Crippen molar-refractivity contribution in [1.29, 1.82) is 0 Å². The minimum absolute atomic E-state index is 0.00987. The van der Waals surface area contributed by atoms with Gasteiger partial charge >= 0.3 is 11.9 Å². The average molecular weight is 323 g/mol. The van der Waals surface area contributed by atoms with Crippen LogP contribution in [0.15, 0.2) is 59.7 Å². The first-order chi connectivity index (χ1) is 10.9. The van der Waals surface area contributed by atoms with Crippen LogP contribution in [-0.2, 0) is 6.18 Å². The number of benzene rings is 2. The lowest BCUT2D eigenvalue weighted by Crippen LogP contribution is -2.23. The molecule has 2 aromatic carbocycles. The lowest BCUT2D eigenvalue weighted by Gasteiger charge is -2.07. The van der Waals surface area contributed by atoms with Crippen LogP contribution >= 0.6 is 0 Å². The molecule has 0 radical (unpaired) electrons. The van der Waals surface area contributed by atoms with Gasteiger partial charge in [0, 0.05) is 0 Å². The fourth-order valence-corrected chi connectivity index (χ4v) is 2.09. The minimum Gasteiger partial charge on any atom is -0.246 e. The summed E-state index contributed by atoms with van der Waals surface area (Å²) in [5.74, 6) is -0.610. The molecule has 0 N–H and O–H groups in total. The number of rotatable bonds is 2. The highest BCUT2D eigenvalue weighted by Crippen LogP contribution is 2.29. The van der Waals surface area contributed by atoms with Gasteiger partial charge < -0.3 is 0 Å². The highest BCUT2D eigenvalue weighted by molar-refractivity contribution is 5.36. The van der Waals surface area contributed by atoms with Gasteiger partial charge in [-0.15, -0.1) is 0 Å². The molecule has 0 spiro atoms. The van der Waals surface area contributed by atoms with Gasteiger partial charge in [-0.25, -0.2) is 13.8 Å². The summed E-state index contributed by atoms with van der Waals surface area (Å²) in [5, 5.41) is 3.81. The zero-order chi connectivity index (χ0) is 16.6. The molecule has 0 fully saturated rings. The van der Waals surface area contributed by atoms with E-state index in [1.54, 1.807) is 6.07 Å². The van der Waals surface area contributed by atoms with Crippen molar-refractivity contribution in [3.8, 4) is 11.4 Å². The number of hydrogen-bond donors (Lipinski definition) is 0. The van der Waals surface area contributed by atoms with Crippen LogP contribution in [0.1, 0.15) is 5.56 Å². The molecular formula is C15H9F4N3O. The highest BCUT2D eigenvalue weighted by atomic mass is 19.4. The zero-order valence-corrected chi connectivity index (χ0v) is 11.5. The Morgan fingerprint density at radius 2 is 1.61 bits per heavy atom. The van der Waals surface area contributed by atoms with Crippen molar-refractivity contribution in [3.63, 3.8) is 0 Å². The second-order valence-electron chi connectivity index (χ2n) is 4.69. The second-order valence-corrected chi connectivity index (χ2v) is 4.69. The molecule has 0 aliphatic heterocycles. The molecule has 0 unspecified atom stereocenters. The maximum absolute atomic E-state index is 13.7. The van der Waals surface area contributed by atoms with Gasteiger partial charge in [0.15, 0.2) is 0 Å². The van der Waals surface area contributed by atoms with Crippen LogP contribution in [0.2, 0.25) is 0 Å². The summed E-state index contributed by atoms with van der Waals surface area (Å²) in [6.07, 6.45) is -3.35. The summed E-state index contributed by atoms with van der Waals surface area (Å²) in [5.41, 5.74) is -1.36. The number of para-hydroxylation sites is 1. The molecule has 4 nitrogen and oxygen atoms in total. The summed E-state index contributed by atoms with van der Waals surface area (Å²) < 4.78 is 53.2. The fourth-order valence-electron chi connectivity index (χ4n) is 2.09. The van der Waals surface area contributed by atoms with E-state index < -0.39 is 23.2 Å². The van der Waals surface area contributed by atoms with Gasteiger partial charge in [0.2, 0.25) is 0 Å². The summed E-state index contributed by atoms with van der Waals surface area (Å²) in [4.78, 5) is 12.3. The molecule has 3 aromatic rings. The quantitative estimate of drug-likeness (QED) is 0.680. The largest absolute Gasteiger partial charge is 0.416 e. The lowest BCUT2D eigenvalue weighted by molar-refractivity contribution is -0.137. The number of alkyl halides is 3. The third kappa shape index (κ3) is 2.75. The standard InChI is InChI=1S/C15H9F4N3O/c16-12-3-1-2-4-13(12)21-9-20-22(14(21)23)11-7-5-10(6-8-11)15(17,18)19/h1-9H. The van der Waals surface area contributed by atoms with Crippen LogP contribution in [0.25, 0.3) is 11.4 Å². The van der Waals surface area contributed by atoms with Crippen LogP contribution in [0.4, 0.5) is 17.6 Å². The predicted octanol–water partition coefficient (Wildman–Crippen LogP) is 3.18. The van der Waals surface area contributed by atoms with Gasteiger partial charge in [0.05, 0.1) is 16.9 Å². The Morgan fingerprint density at radius 3 is 2.22 bits per heavy atom. The van der Waals surface area contributed by atoms with Gasteiger partial charge in [-0.1, -0.05) is 12.1 Å². The molecular weight excluding hydrogens is 314 g/mol. The van der Waals surface area contributed by atoms with E-state index in [0.717, 1.165) is 39.8 Å².